The Hall–Kier alpha value is -1.21. The molecule has 1 aliphatic carbocycles. The molecule has 3 atom stereocenters. The molecule has 0 spiro atoms. The van der Waals surface area contributed by atoms with Gasteiger partial charge >= 0.3 is 0 Å². The summed E-state index contributed by atoms with van der Waals surface area (Å²) in [7, 11) is 0.524. The first-order valence-electron chi connectivity index (χ1n) is 10.3. The van der Waals surface area contributed by atoms with Gasteiger partial charge < -0.3 is 4.43 Å². The molecule has 3 rings (SSSR count). The SMILES string of the molecule is CCC(C)C(C)(P)O[Si](C1=CCCCC1)(c1ccccc1)c1ccccc1. The molecule has 1 nitrogen and oxygen atoms in total. The predicted molar refractivity (Wildman–Crippen MR) is 123 cm³/mol. The average molecular weight is 397 g/mol. The second-order valence-electron chi connectivity index (χ2n) is 7.98. The number of rotatable bonds is 7. The zero-order valence-electron chi connectivity index (χ0n) is 16.9. The van der Waals surface area contributed by atoms with Crippen molar-refractivity contribution in [3.63, 3.8) is 0 Å². The molecule has 0 saturated heterocycles. The molecule has 3 heteroatoms. The summed E-state index contributed by atoms with van der Waals surface area (Å²) in [6.07, 6.45) is 8.48. The van der Waals surface area contributed by atoms with E-state index in [0.29, 0.717) is 5.92 Å². The summed E-state index contributed by atoms with van der Waals surface area (Å²) in [6.45, 7) is 6.81. The van der Waals surface area contributed by atoms with Gasteiger partial charge in [0.15, 0.2) is 0 Å². The molecule has 0 amide bonds. The monoisotopic (exact) mass is 396 g/mol. The van der Waals surface area contributed by atoms with Gasteiger partial charge in [-0.3, -0.25) is 0 Å². The van der Waals surface area contributed by atoms with Crippen LogP contribution in [0.3, 0.4) is 0 Å². The maximum absolute atomic E-state index is 7.32. The van der Waals surface area contributed by atoms with Crippen LogP contribution in [0.1, 0.15) is 52.9 Å². The number of hydrogen-bond acceptors (Lipinski definition) is 1. The van der Waals surface area contributed by atoms with Gasteiger partial charge in [-0.15, -0.1) is 9.24 Å². The Bertz CT molecular complexity index is 715. The van der Waals surface area contributed by atoms with Crippen LogP contribution >= 0.6 is 9.24 Å². The van der Waals surface area contributed by atoms with E-state index >= 15 is 0 Å². The molecule has 0 fully saturated rings. The maximum Gasteiger partial charge on any atom is 0.284 e. The molecule has 2 aromatic carbocycles. The number of hydrogen-bond donors (Lipinski definition) is 0. The molecule has 0 aliphatic heterocycles. The van der Waals surface area contributed by atoms with E-state index in [0.717, 1.165) is 12.8 Å². The molecule has 1 aliphatic rings. The Morgan fingerprint density at radius 2 is 1.56 bits per heavy atom. The van der Waals surface area contributed by atoms with E-state index in [1.54, 1.807) is 5.20 Å². The van der Waals surface area contributed by atoms with Gasteiger partial charge in [0.25, 0.3) is 8.32 Å². The van der Waals surface area contributed by atoms with Crippen LogP contribution in [0.2, 0.25) is 0 Å². The minimum Gasteiger partial charge on any atom is -0.395 e. The number of benzene rings is 2. The van der Waals surface area contributed by atoms with Crippen molar-refractivity contribution < 1.29 is 4.43 Å². The molecule has 0 bridgehead atoms. The fourth-order valence-electron chi connectivity index (χ4n) is 4.06. The summed E-state index contributed by atoms with van der Waals surface area (Å²) in [6, 6.07) is 22.0. The zero-order valence-corrected chi connectivity index (χ0v) is 19.1. The Kier molecular flexibility index (Phi) is 6.73. The van der Waals surface area contributed by atoms with Crippen molar-refractivity contribution in [1.82, 2.24) is 0 Å². The number of allylic oxidation sites excluding steroid dienone is 2. The molecule has 144 valence electrons. The van der Waals surface area contributed by atoms with Crippen molar-refractivity contribution in [2.45, 2.75) is 58.2 Å². The minimum atomic E-state index is -2.52. The van der Waals surface area contributed by atoms with Crippen molar-refractivity contribution >= 4 is 27.9 Å². The van der Waals surface area contributed by atoms with Gasteiger partial charge in [0, 0.05) is 0 Å². The highest BCUT2D eigenvalue weighted by Gasteiger charge is 2.48. The van der Waals surface area contributed by atoms with Gasteiger partial charge in [-0.1, -0.05) is 92.2 Å². The highest BCUT2D eigenvalue weighted by Crippen LogP contribution is 2.38. The van der Waals surface area contributed by atoms with Gasteiger partial charge in [0.2, 0.25) is 0 Å². The van der Waals surface area contributed by atoms with Crippen LogP contribution in [0.15, 0.2) is 71.9 Å². The Balaban J connectivity index is 2.24. The van der Waals surface area contributed by atoms with Crippen molar-refractivity contribution in [2.24, 2.45) is 5.92 Å². The molecule has 3 unspecified atom stereocenters. The van der Waals surface area contributed by atoms with Gasteiger partial charge in [0.1, 0.15) is 0 Å². The second kappa shape index (κ2) is 8.86. The fraction of sp³-hybridized carbons (Fsp3) is 0.417. The molecular formula is C24H33OPSi. The lowest BCUT2D eigenvalue weighted by molar-refractivity contribution is 0.119. The van der Waals surface area contributed by atoms with Crippen molar-refractivity contribution in [1.29, 1.82) is 0 Å². The molecule has 27 heavy (non-hydrogen) atoms. The third-order valence-corrected chi connectivity index (χ3v) is 11.4. The molecule has 0 radical (unpaired) electrons. The summed E-state index contributed by atoms with van der Waals surface area (Å²) in [5.41, 5.74) is 0. The summed E-state index contributed by atoms with van der Waals surface area (Å²) in [5.74, 6) is 0.464. The van der Waals surface area contributed by atoms with E-state index in [1.807, 2.05) is 0 Å². The van der Waals surface area contributed by atoms with Crippen molar-refractivity contribution in [3.05, 3.63) is 71.9 Å². The van der Waals surface area contributed by atoms with E-state index in [-0.39, 0.29) is 5.34 Å². The van der Waals surface area contributed by atoms with Crippen LogP contribution in [0.25, 0.3) is 0 Å². The topological polar surface area (TPSA) is 9.23 Å². The molecule has 0 N–H and O–H groups in total. The third kappa shape index (κ3) is 4.29. The van der Waals surface area contributed by atoms with E-state index < -0.39 is 8.32 Å². The van der Waals surface area contributed by atoms with Gasteiger partial charge in [-0.25, -0.2) is 0 Å². The zero-order chi connectivity index (χ0) is 19.3. The Morgan fingerprint density at radius 1 is 1.00 bits per heavy atom. The summed E-state index contributed by atoms with van der Waals surface area (Å²) < 4.78 is 7.32. The lowest BCUT2D eigenvalue weighted by Crippen LogP contribution is -2.66. The third-order valence-electron chi connectivity index (χ3n) is 6.07. The average Bonchev–Trinajstić information content (AvgIpc) is 2.73. The van der Waals surface area contributed by atoms with Crippen LogP contribution < -0.4 is 10.4 Å². The van der Waals surface area contributed by atoms with E-state index in [1.165, 1.54) is 29.6 Å². The molecule has 0 saturated carbocycles. The Labute approximate surface area is 168 Å². The van der Waals surface area contributed by atoms with Crippen LogP contribution in [-0.4, -0.2) is 13.7 Å². The molecule has 2 aromatic rings. The first-order valence-corrected chi connectivity index (χ1v) is 12.8. The quantitative estimate of drug-likeness (QED) is 0.447. The predicted octanol–water partition coefficient (Wildman–Crippen LogP) is 5.44. The smallest absolute Gasteiger partial charge is 0.284 e. The Morgan fingerprint density at radius 3 is 2.00 bits per heavy atom. The largest absolute Gasteiger partial charge is 0.395 e. The summed E-state index contributed by atoms with van der Waals surface area (Å²) in [5, 5.41) is 4.01. The van der Waals surface area contributed by atoms with Crippen LogP contribution in [0.4, 0.5) is 0 Å². The first-order chi connectivity index (χ1) is 13.0. The van der Waals surface area contributed by atoms with Crippen molar-refractivity contribution in [2.75, 3.05) is 0 Å². The highest BCUT2D eigenvalue weighted by molar-refractivity contribution is 7.19. The van der Waals surface area contributed by atoms with E-state index in [4.69, 9.17) is 4.43 Å². The summed E-state index contributed by atoms with van der Waals surface area (Å²) >= 11 is 0. The normalized spacial score (nSPS) is 18.4. The van der Waals surface area contributed by atoms with Gasteiger partial charge in [-0.05, 0) is 48.9 Å². The molecular weight excluding hydrogens is 363 g/mol. The van der Waals surface area contributed by atoms with Gasteiger partial charge in [0.05, 0.1) is 5.34 Å². The lowest BCUT2D eigenvalue weighted by atomic mass is 10.0. The van der Waals surface area contributed by atoms with Gasteiger partial charge in [-0.2, -0.15) is 0 Å². The second-order valence-corrected chi connectivity index (χ2v) is 12.5. The van der Waals surface area contributed by atoms with Crippen LogP contribution in [0, 0.1) is 5.92 Å². The van der Waals surface area contributed by atoms with E-state index in [9.17, 15) is 0 Å². The van der Waals surface area contributed by atoms with Crippen LogP contribution in [-0.2, 0) is 4.43 Å². The lowest BCUT2D eigenvalue weighted by Gasteiger charge is -2.44. The van der Waals surface area contributed by atoms with Crippen LogP contribution in [0.5, 0.6) is 0 Å². The van der Waals surface area contributed by atoms with Crippen molar-refractivity contribution in [3.8, 4) is 0 Å². The maximum atomic E-state index is 7.32. The first kappa shape index (κ1) is 20.5. The van der Waals surface area contributed by atoms with E-state index in [2.05, 4.69) is 96.8 Å². The highest BCUT2D eigenvalue weighted by atomic mass is 31.0. The minimum absolute atomic E-state index is 0.259. The molecule has 0 aromatic heterocycles. The standard InChI is InChI=1S/C24H33OPSi/c1-4-20(2)24(3,26)25-27(21-14-8-5-9-15-21,22-16-10-6-11-17-22)23-18-12-7-13-19-23/h5-6,8-11,14-18,20H,4,7,12-13,19,26H2,1-3H3. The summed E-state index contributed by atoms with van der Waals surface area (Å²) in [4.78, 5) is 0. The fourth-order valence-corrected chi connectivity index (χ4v) is 9.41. The molecule has 0 heterocycles.